The van der Waals surface area contributed by atoms with Gasteiger partial charge in [-0.2, -0.15) is 0 Å². The van der Waals surface area contributed by atoms with Gasteiger partial charge >= 0.3 is 5.97 Å². The number of rotatable bonds is 5. The lowest BCUT2D eigenvalue weighted by molar-refractivity contribution is 0.0690. The minimum atomic E-state index is -1.46. The number of carboxylic acid groups (broad SMARTS) is 1. The van der Waals surface area contributed by atoms with Gasteiger partial charge in [0.05, 0.1) is 11.3 Å². The second kappa shape index (κ2) is 6.85. The molecule has 0 spiro atoms. The van der Waals surface area contributed by atoms with Crippen LogP contribution < -0.4 is 10.2 Å². The number of carboxylic acids is 1. The second-order valence-corrected chi connectivity index (χ2v) is 5.26. The predicted molar refractivity (Wildman–Crippen MR) is 76.8 cm³/mol. The Morgan fingerprint density at radius 2 is 2.19 bits per heavy atom. The van der Waals surface area contributed by atoms with Crippen LogP contribution in [0.1, 0.15) is 36.5 Å². The first-order valence-electron chi connectivity index (χ1n) is 7.25. The van der Waals surface area contributed by atoms with Crippen molar-refractivity contribution in [3.63, 3.8) is 0 Å². The normalized spacial score (nSPS) is 18.5. The van der Waals surface area contributed by atoms with E-state index in [4.69, 9.17) is 5.11 Å². The number of halogens is 2. The van der Waals surface area contributed by atoms with Crippen LogP contribution in [-0.2, 0) is 0 Å². The number of nitrogens with one attached hydrogen (secondary N) is 1. The van der Waals surface area contributed by atoms with Crippen molar-refractivity contribution in [3.8, 4) is 0 Å². The summed E-state index contributed by atoms with van der Waals surface area (Å²) in [5, 5.41) is 12.1. The number of hydrogen-bond donors (Lipinski definition) is 2. The monoisotopic (exact) mass is 298 g/mol. The number of aromatic carboxylic acids is 1. The third-order valence-corrected chi connectivity index (χ3v) is 3.78. The molecule has 2 N–H and O–H groups in total. The van der Waals surface area contributed by atoms with Crippen LogP contribution >= 0.6 is 0 Å². The molecule has 6 heteroatoms. The molecular weight excluding hydrogens is 278 g/mol. The minimum absolute atomic E-state index is 0.100. The molecule has 1 aromatic rings. The van der Waals surface area contributed by atoms with Gasteiger partial charge in [0.2, 0.25) is 0 Å². The van der Waals surface area contributed by atoms with E-state index in [0.29, 0.717) is 6.54 Å². The lowest BCUT2D eigenvalue weighted by Gasteiger charge is -2.36. The number of benzene rings is 1. The first-order valence-corrected chi connectivity index (χ1v) is 7.25. The van der Waals surface area contributed by atoms with E-state index in [2.05, 4.69) is 5.32 Å². The molecule has 1 fully saturated rings. The molecule has 1 aliphatic heterocycles. The van der Waals surface area contributed by atoms with Gasteiger partial charge < -0.3 is 15.3 Å². The SMILES string of the molecule is CCCN(c1ccc(C(=O)O)c(F)c1F)C1CCCNC1. The van der Waals surface area contributed by atoms with Crippen LogP contribution in [0.15, 0.2) is 12.1 Å². The summed E-state index contributed by atoms with van der Waals surface area (Å²) >= 11 is 0. The van der Waals surface area contributed by atoms with Gasteiger partial charge in [0.15, 0.2) is 11.6 Å². The van der Waals surface area contributed by atoms with Crippen LogP contribution in [0.25, 0.3) is 0 Å². The summed E-state index contributed by atoms with van der Waals surface area (Å²) in [6, 6.07) is 2.60. The molecule has 116 valence electrons. The van der Waals surface area contributed by atoms with Crippen molar-refractivity contribution >= 4 is 11.7 Å². The highest BCUT2D eigenvalue weighted by Crippen LogP contribution is 2.27. The molecule has 21 heavy (non-hydrogen) atoms. The van der Waals surface area contributed by atoms with E-state index in [1.54, 1.807) is 0 Å². The van der Waals surface area contributed by atoms with E-state index in [1.807, 2.05) is 11.8 Å². The molecule has 0 aromatic heterocycles. The molecule has 0 radical (unpaired) electrons. The number of carbonyl (C=O) groups is 1. The van der Waals surface area contributed by atoms with Crippen molar-refractivity contribution in [2.45, 2.75) is 32.2 Å². The van der Waals surface area contributed by atoms with Gasteiger partial charge in [0, 0.05) is 19.1 Å². The molecule has 1 atom stereocenters. The van der Waals surface area contributed by atoms with Gasteiger partial charge in [-0.25, -0.2) is 13.6 Å². The Labute approximate surface area is 122 Å². The number of piperidine rings is 1. The van der Waals surface area contributed by atoms with Gasteiger partial charge in [0.25, 0.3) is 0 Å². The molecule has 1 heterocycles. The van der Waals surface area contributed by atoms with Crippen LogP contribution in [0.4, 0.5) is 14.5 Å². The van der Waals surface area contributed by atoms with Crippen LogP contribution in [-0.4, -0.2) is 36.8 Å². The Balaban J connectivity index is 2.35. The Bertz CT molecular complexity index is 517. The fraction of sp³-hybridized carbons (Fsp3) is 0.533. The van der Waals surface area contributed by atoms with E-state index in [0.717, 1.165) is 38.4 Å². The van der Waals surface area contributed by atoms with Crippen LogP contribution in [0.3, 0.4) is 0 Å². The van der Waals surface area contributed by atoms with E-state index < -0.39 is 23.2 Å². The average molecular weight is 298 g/mol. The molecule has 0 bridgehead atoms. The maximum atomic E-state index is 14.3. The fourth-order valence-corrected chi connectivity index (χ4v) is 2.77. The van der Waals surface area contributed by atoms with Crippen molar-refractivity contribution in [2.75, 3.05) is 24.5 Å². The van der Waals surface area contributed by atoms with E-state index >= 15 is 0 Å². The molecule has 1 aromatic carbocycles. The zero-order chi connectivity index (χ0) is 15.4. The fourth-order valence-electron chi connectivity index (χ4n) is 2.77. The summed E-state index contributed by atoms with van der Waals surface area (Å²) in [5.41, 5.74) is -0.484. The second-order valence-electron chi connectivity index (χ2n) is 5.26. The third-order valence-electron chi connectivity index (χ3n) is 3.78. The number of hydrogen-bond acceptors (Lipinski definition) is 3. The summed E-state index contributed by atoms with van der Waals surface area (Å²) < 4.78 is 28.1. The summed E-state index contributed by atoms with van der Waals surface area (Å²) in [4.78, 5) is 12.7. The highest BCUT2D eigenvalue weighted by Gasteiger charge is 2.26. The highest BCUT2D eigenvalue weighted by atomic mass is 19.2. The lowest BCUT2D eigenvalue weighted by Crippen LogP contribution is -2.47. The van der Waals surface area contributed by atoms with Crippen LogP contribution in [0.5, 0.6) is 0 Å². The summed E-state index contributed by atoms with van der Waals surface area (Å²) in [6.45, 7) is 4.24. The molecule has 2 rings (SSSR count). The first kappa shape index (κ1) is 15.7. The summed E-state index contributed by atoms with van der Waals surface area (Å²) in [6.07, 6.45) is 2.70. The van der Waals surface area contributed by atoms with Crippen molar-refractivity contribution < 1.29 is 18.7 Å². The standard InChI is InChI=1S/C15H20F2N2O2/c1-2-8-19(10-4-3-7-18-9-10)12-6-5-11(15(20)21)13(16)14(12)17/h5-6,10,18H,2-4,7-9H2,1H3,(H,20,21). The van der Waals surface area contributed by atoms with Crippen LogP contribution in [0.2, 0.25) is 0 Å². The minimum Gasteiger partial charge on any atom is -0.478 e. The molecule has 0 aliphatic carbocycles. The molecule has 1 aliphatic rings. The molecular formula is C15H20F2N2O2. The number of anilines is 1. The lowest BCUT2D eigenvalue weighted by atomic mass is 10.0. The zero-order valence-corrected chi connectivity index (χ0v) is 12.0. The van der Waals surface area contributed by atoms with Gasteiger partial charge in [0.1, 0.15) is 0 Å². The van der Waals surface area contributed by atoms with Crippen molar-refractivity contribution in [1.29, 1.82) is 0 Å². The molecule has 1 saturated heterocycles. The molecule has 1 unspecified atom stereocenters. The topological polar surface area (TPSA) is 52.6 Å². The summed E-state index contributed by atoms with van der Waals surface area (Å²) in [5.74, 6) is -3.82. The number of nitrogens with zero attached hydrogens (tertiary/aromatic N) is 1. The van der Waals surface area contributed by atoms with Crippen molar-refractivity contribution in [1.82, 2.24) is 5.32 Å². The first-order chi connectivity index (χ1) is 10.1. The largest absolute Gasteiger partial charge is 0.478 e. The van der Waals surface area contributed by atoms with Gasteiger partial charge in [-0.15, -0.1) is 0 Å². The Morgan fingerprint density at radius 1 is 1.43 bits per heavy atom. The Kier molecular flexibility index (Phi) is 5.12. The van der Waals surface area contributed by atoms with Gasteiger partial charge in [-0.1, -0.05) is 6.92 Å². The van der Waals surface area contributed by atoms with Crippen molar-refractivity contribution in [3.05, 3.63) is 29.3 Å². The smallest absolute Gasteiger partial charge is 0.338 e. The van der Waals surface area contributed by atoms with Gasteiger partial charge in [-0.3, -0.25) is 0 Å². The van der Waals surface area contributed by atoms with Crippen LogP contribution in [0, 0.1) is 11.6 Å². The predicted octanol–water partition coefficient (Wildman–Crippen LogP) is 2.63. The molecule has 0 amide bonds. The zero-order valence-electron chi connectivity index (χ0n) is 12.0. The molecule has 0 saturated carbocycles. The average Bonchev–Trinajstić information content (AvgIpc) is 2.48. The Morgan fingerprint density at radius 3 is 2.76 bits per heavy atom. The van der Waals surface area contributed by atoms with E-state index in [1.165, 1.54) is 6.07 Å². The molecule has 4 nitrogen and oxygen atoms in total. The van der Waals surface area contributed by atoms with Gasteiger partial charge in [-0.05, 0) is 37.9 Å². The quantitative estimate of drug-likeness (QED) is 0.877. The summed E-state index contributed by atoms with van der Waals surface area (Å²) in [7, 11) is 0. The Hall–Kier alpha value is -1.69. The maximum Gasteiger partial charge on any atom is 0.338 e. The van der Waals surface area contributed by atoms with E-state index in [9.17, 15) is 13.6 Å². The third kappa shape index (κ3) is 3.32. The highest BCUT2D eigenvalue weighted by molar-refractivity contribution is 5.88. The van der Waals surface area contributed by atoms with E-state index in [-0.39, 0.29) is 11.7 Å². The van der Waals surface area contributed by atoms with Crippen molar-refractivity contribution in [2.24, 2.45) is 0 Å². The maximum absolute atomic E-state index is 14.3.